The summed E-state index contributed by atoms with van der Waals surface area (Å²) in [6.45, 7) is 0.640. The number of hydrogen-bond acceptors (Lipinski definition) is 3. The molecule has 0 N–H and O–H groups in total. The van der Waals surface area contributed by atoms with Gasteiger partial charge in [0.2, 0.25) is 5.91 Å². The molecular weight excluding hydrogens is 244 g/mol. The molecule has 2 aromatic rings. The van der Waals surface area contributed by atoms with Crippen LogP contribution < -0.4 is 0 Å². The highest BCUT2D eigenvalue weighted by molar-refractivity contribution is 7.99. The minimum Gasteiger partial charge on any atom is -0.341 e. The van der Waals surface area contributed by atoms with E-state index in [0.717, 1.165) is 16.3 Å². The quantitative estimate of drug-likeness (QED) is 0.847. The first-order chi connectivity index (χ1) is 8.72. The highest BCUT2D eigenvalue weighted by Gasteiger charge is 2.09. The van der Waals surface area contributed by atoms with Gasteiger partial charge >= 0.3 is 0 Å². The summed E-state index contributed by atoms with van der Waals surface area (Å²) >= 11 is 1.55. The molecule has 94 valence electrons. The van der Waals surface area contributed by atoms with Crippen molar-refractivity contribution in [1.82, 2.24) is 9.88 Å². The summed E-state index contributed by atoms with van der Waals surface area (Å²) in [7, 11) is 1.85. The lowest BCUT2D eigenvalue weighted by Crippen LogP contribution is -2.27. The normalized spacial score (nSPS) is 10.6. The number of rotatable bonds is 4. The van der Waals surface area contributed by atoms with Gasteiger partial charge in [0.1, 0.15) is 0 Å². The van der Waals surface area contributed by atoms with Crippen LogP contribution in [0.1, 0.15) is 5.56 Å². The number of aromatic nitrogens is 1. The fraction of sp³-hybridized carbons (Fsp3) is 0.286. The summed E-state index contributed by atoms with van der Waals surface area (Å²) in [5.74, 6) is 0.691. The SMILES string of the molecule is CSCC(=O)N(C)Cc1cccc2cnccc12. The molecule has 0 aliphatic carbocycles. The van der Waals surface area contributed by atoms with E-state index in [9.17, 15) is 4.79 Å². The van der Waals surface area contributed by atoms with E-state index in [1.54, 1.807) is 22.9 Å². The predicted molar refractivity (Wildman–Crippen MR) is 76.6 cm³/mol. The smallest absolute Gasteiger partial charge is 0.232 e. The molecule has 0 radical (unpaired) electrons. The molecule has 1 amide bonds. The molecule has 1 aromatic carbocycles. The van der Waals surface area contributed by atoms with Crippen LogP contribution in [0.5, 0.6) is 0 Å². The van der Waals surface area contributed by atoms with Crippen LogP contribution in [0.15, 0.2) is 36.7 Å². The van der Waals surface area contributed by atoms with Gasteiger partial charge in [0.25, 0.3) is 0 Å². The molecule has 0 spiro atoms. The lowest BCUT2D eigenvalue weighted by molar-refractivity contribution is -0.127. The van der Waals surface area contributed by atoms with Gasteiger partial charge in [0.15, 0.2) is 0 Å². The lowest BCUT2D eigenvalue weighted by Gasteiger charge is -2.17. The molecule has 2 rings (SSSR count). The summed E-state index contributed by atoms with van der Waals surface area (Å²) in [6.07, 6.45) is 5.58. The number of pyridine rings is 1. The maximum Gasteiger partial charge on any atom is 0.232 e. The molecule has 18 heavy (non-hydrogen) atoms. The van der Waals surface area contributed by atoms with Crippen molar-refractivity contribution in [2.75, 3.05) is 19.1 Å². The van der Waals surface area contributed by atoms with Crippen LogP contribution in [0.3, 0.4) is 0 Å². The van der Waals surface area contributed by atoms with Gasteiger partial charge in [-0.1, -0.05) is 18.2 Å². The molecule has 0 saturated heterocycles. The van der Waals surface area contributed by atoms with E-state index in [0.29, 0.717) is 12.3 Å². The number of carbonyl (C=O) groups excluding carboxylic acids is 1. The van der Waals surface area contributed by atoms with Gasteiger partial charge in [-0.15, -0.1) is 0 Å². The van der Waals surface area contributed by atoms with Gasteiger partial charge < -0.3 is 4.90 Å². The Morgan fingerprint density at radius 2 is 2.22 bits per heavy atom. The van der Waals surface area contributed by atoms with E-state index in [1.165, 1.54) is 0 Å². The van der Waals surface area contributed by atoms with Crippen molar-refractivity contribution in [3.63, 3.8) is 0 Å². The first-order valence-corrected chi connectivity index (χ1v) is 7.16. The number of fused-ring (bicyclic) bond motifs is 1. The third kappa shape index (κ3) is 2.82. The monoisotopic (exact) mass is 260 g/mol. The van der Waals surface area contributed by atoms with Crippen molar-refractivity contribution in [3.8, 4) is 0 Å². The van der Waals surface area contributed by atoms with Crippen molar-refractivity contribution in [1.29, 1.82) is 0 Å². The Morgan fingerprint density at radius 3 is 3.00 bits per heavy atom. The fourth-order valence-electron chi connectivity index (χ4n) is 1.90. The van der Waals surface area contributed by atoms with Crippen LogP contribution in [0.25, 0.3) is 10.8 Å². The predicted octanol–water partition coefficient (Wildman–Crippen LogP) is 2.56. The Labute approximate surface area is 111 Å². The lowest BCUT2D eigenvalue weighted by atomic mass is 10.1. The molecule has 0 bridgehead atoms. The number of amides is 1. The average Bonchev–Trinajstić information content (AvgIpc) is 2.39. The molecule has 3 nitrogen and oxygen atoms in total. The largest absolute Gasteiger partial charge is 0.341 e. The van der Waals surface area contributed by atoms with Gasteiger partial charge in [0.05, 0.1) is 5.75 Å². The van der Waals surface area contributed by atoms with Crippen LogP contribution in [-0.2, 0) is 11.3 Å². The molecule has 4 heteroatoms. The Morgan fingerprint density at radius 1 is 1.39 bits per heavy atom. The van der Waals surface area contributed by atoms with E-state index in [2.05, 4.69) is 11.1 Å². The van der Waals surface area contributed by atoms with Crippen LogP contribution in [0.4, 0.5) is 0 Å². The molecule has 0 atom stereocenters. The number of thioether (sulfide) groups is 1. The maximum absolute atomic E-state index is 11.8. The minimum atomic E-state index is 0.161. The molecule has 0 saturated carbocycles. The van der Waals surface area contributed by atoms with E-state index in [1.807, 2.05) is 37.7 Å². The standard InChI is InChI=1S/C14H16N2OS/c1-16(14(17)10-18-2)9-12-5-3-4-11-8-15-7-6-13(11)12/h3-8H,9-10H2,1-2H3. The zero-order chi connectivity index (χ0) is 13.0. The molecular formula is C14H16N2OS. The summed E-state index contributed by atoms with van der Waals surface area (Å²) < 4.78 is 0. The average molecular weight is 260 g/mol. The second kappa shape index (κ2) is 5.87. The second-order valence-corrected chi connectivity index (χ2v) is 5.06. The Kier molecular flexibility index (Phi) is 4.20. The molecule has 1 heterocycles. The van der Waals surface area contributed by atoms with Crippen LogP contribution in [-0.4, -0.2) is 34.8 Å². The third-order valence-corrected chi connectivity index (χ3v) is 3.41. The minimum absolute atomic E-state index is 0.161. The number of nitrogens with zero attached hydrogens (tertiary/aromatic N) is 2. The highest BCUT2D eigenvalue weighted by atomic mass is 32.2. The van der Waals surface area contributed by atoms with E-state index in [4.69, 9.17) is 0 Å². The third-order valence-electron chi connectivity index (χ3n) is 2.87. The first-order valence-electron chi connectivity index (χ1n) is 5.77. The van der Waals surface area contributed by atoms with Crippen molar-refractivity contribution in [2.24, 2.45) is 0 Å². The Hall–Kier alpha value is -1.55. The van der Waals surface area contributed by atoms with Gasteiger partial charge in [-0.25, -0.2) is 0 Å². The fourth-order valence-corrected chi connectivity index (χ4v) is 2.37. The van der Waals surface area contributed by atoms with Crippen LogP contribution in [0, 0.1) is 0 Å². The Balaban J connectivity index is 2.24. The summed E-state index contributed by atoms with van der Waals surface area (Å²) in [4.78, 5) is 17.7. The summed E-state index contributed by atoms with van der Waals surface area (Å²) in [6, 6.07) is 8.10. The van der Waals surface area contributed by atoms with E-state index >= 15 is 0 Å². The zero-order valence-corrected chi connectivity index (χ0v) is 11.4. The van der Waals surface area contributed by atoms with Crippen LogP contribution >= 0.6 is 11.8 Å². The zero-order valence-electron chi connectivity index (χ0n) is 10.6. The number of hydrogen-bond donors (Lipinski definition) is 0. The summed E-state index contributed by atoms with van der Waals surface area (Å²) in [5.41, 5.74) is 1.16. The topological polar surface area (TPSA) is 33.2 Å². The number of benzene rings is 1. The van der Waals surface area contributed by atoms with Crippen molar-refractivity contribution >= 4 is 28.4 Å². The highest BCUT2D eigenvalue weighted by Crippen LogP contribution is 2.18. The van der Waals surface area contributed by atoms with Gasteiger partial charge in [-0.3, -0.25) is 9.78 Å². The molecule has 0 fully saturated rings. The molecule has 1 aromatic heterocycles. The van der Waals surface area contributed by atoms with E-state index < -0.39 is 0 Å². The summed E-state index contributed by atoms with van der Waals surface area (Å²) in [5, 5.41) is 2.28. The number of carbonyl (C=O) groups is 1. The van der Waals surface area contributed by atoms with Gasteiger partial charge in [-0.2, -0.15) is 11.8 Å². The van der Waals surface area contributed by atoms with Crippen LogP contribution in [0.2, 0.25) is 0 Å². The Bertz CT molecular complexity index is 551. The molecule has 0 aliphatic rings. The van der Waals surface area contributed by atoms with Crippen molar-refractivity contribution in [3.05, 3.63) is 42.2 Å². The first kappa shape index (κ1) is 12.9. The van der Waals surface area contributed by atoms with Crippen molar-refractivity contribution in [2.45, 2.75) is 6.54 Å². The second-order valence-electron chi connectivity index (χ2n) is 4.20. The maximum atomic E-state index is 11.8. The molecule has 0 unspecified atom stereocenters. The van der Waals surface area contributed by atoms with Gasteiger partial charge in [0, 0.05) is 31.4 Å². The van der Waals surface area contributed by atoms with Crippen molar-refractivity contribution < 1.29 is 4.79 Å². The van der Waals surface area contributed by atoms with E-state index in [-0.39, 0.29) is 5.91 Å². The van der Waals surface area contributed by atoms with Gasteiger partial charge in [-0.05, 0) is 23.3 Å². The molecule has 0 aliphatic heterocycles.